The summed E-state index contributed by atoms with van der Waals surface area (Å²) in [5, 5.41) is 2.61. The van der Waals surface area contributed by atoms with Crippen molar-refractivity contribution in [1.82, 2.24) is 5.32 Å². The smallest absolute Gasteiger partial charge is 0.407 e. The van der Waals surface area contributed by atoms with Crippen LogP contribution in [0.15, 0.2) is 36.4 Å². The number of nitrogen functional groups attached to an aromatic ring is 1. The third-order valence-electron chi connectivity index (χ3n) is 3.19. The van der Waals surface area contributed by atoms with Gasteiger partial charge in [-0.3, -0.25) is 0 Å². The van der Waals surface area contributed by atoms with Gasteiger partial charge in [0, 0.05) is 23.4 Å². The maximum absolute atomic E-state index is 13.9. The van der Waals surface area contributed by atoms with E-state index in [9.17, 15) is 13.6 Å². The van der Waals surface area contributed by atoms with Crippen LogP contribution in [0.5, 0.6) is 0 Å². The minimum atomic E-state index is -0.941. The van der Waals surface area contributed by atoms with Gasteiger partial charge in [0.1, 0.15) is 5.60 Å². The predicted octanol–water partition coefficient (Wildman–Crippen LogP) is 4.24. The first-order valence-corrected chi connectivity index (χ1v) is 7.47. The lowest BCUT2D eigenvalue weighted by atomic mass is 10.0. The Bertz CT molecular complexity index is 755. The second-order valence-corrected chi connectivity index (χ2v) is 6.38. The fraction of sp³-hybridized carbons (Fsp3) is 0.278. The van der Waals surface area contributed by atoms with Crippen molar-refractivity contribution in [2.75, 3.05) is 5.73 Å². The molecule has 3 N–H and O–H groups in total. The van der Waals surface area contributed by atoms with E-state index in [0.717, 1.165) is 11.6 Å². The van der Waals surface area contributed by atoms with Crippen LogP contribution in [0.2, 0.25) is 0 Å². The molecule has 0 atom stereocenters. The minimum absolute atomic E-state index is 0.0964. The third kappa shape index (κ3) is 4.44. The molecule has 128 valence electrons. The highest BCUT2D eigenvalue weighted by Gasteiger charge is 2.16. The first kappa shape index (κ1) is 17.7. The van der Waals surface area contributed by atoms with Crippen LogP contribution in [0.1, 0.15) is 26.3 Å². The molecule has 2 aromatic rings. The average Bonchev–Trinajstić information content (AvgIpc) is 2.47. The van der Waals surface area contributed by atoms with Gasteiger partial charge >= 0.3 is 6.09 Å². The zero-order valence-electron chi connectivity index (χ0n) is 13.8. The van der Waals surface area contributed by atoms with Gasteiger partial charge in [0.2, 0.25) is 0 Å². The summed E-state index contributed by atoms with van der Waals surface area (Å²) in [5.41, 5.74) is 6.87. The van der Waals surface area contributed by atoms with Crippen LogP contribution in [0.25, 0.3) is 11.1 Å². The van der Waals surface area contributed by atoms with E-state index in [-0.39, 0.29) is 12.1 Å². The van der Waals surface area contributed by atoms with Crippen LogP contribution in [-0.4, -0.2) is 11.7 Å². The Morgan fingerprint density at radius 2 is 1.88 bits per heavy atom. The minimum Gasteiger partial charge on any atom is -0.444 e. The molecule has 0 unspecified atom stereocenters. The standard InChI is InChI=1S/C18H20F2N2O2/c1-18(2,3)24-17(23)22-10-11-7-8-12(15(21)9-11)13-5-4-6-14(19)16(13)20/h4-9H,10,21H2,1-3H3,(H,22,23). The summed E-state index contributed by atoms with van der Waals surface area (Å²) < 4.78 is 32.4. The molecule has 2 aromatic carbocycles. The van der Waals surface area contributed by atoms with Crippen molar-refractivity contribution >= 4 is 11.8 Å². The van der Waals surface area contributed by atoms with E-state index >= 15 is 0 Å². The van der Waals surface area contributed by atoms with Crippen LogP contribution in [-0.2, 0) is 11.3 Å². The zero-order chi connectivity index (χ0) is 17.9. The quantitative estimate of drug-likeness (QED) is 0.825. The van der Waals surface area contributed by atoms with Gasteiger partial charge in [0.05, 0.1) is 0 Å². The Balaban J connectivity index is 2.13. The zero-order valence-corrected chi connectivity index (χ0v) is 13.8. The van der Waals surface area contributed by atoms with Crippen molar-refractivity contribution in [3.05, 3.63) is 53.6 Å². The number of anilines is 1. The number of benzene rings is 2. The van der Waals surface area contributed by atoms with Gasteiger partial charge in [-0.1, -0.05) is 24.3 Å². The number of hydrogen-bond acceptors (Lipinski definition) is 3. The summed E-state index contributed by atoms with van der Waals surface area (Å²) in [6.07, 6.45) is -0.540. The molecule has 0 aliphatic rings. The fourth-order valence-electron chi connectivity index (χ4n) is 2.17. The topological polar surface area (TPSA) is 64.3 Å². The number of carbonyl (C=O) groups excluding carboxylic acids is 1. The number of carbonyl (C=O) groups is 1. The number of halogens is 2. The van der Waals surface area contributed by atoms with E-state index in [4.69, 9.17) is 10.5 Å². The molecule has 24 heavy (non-hydrogen) atoms. The summed E-state index contributed by atoms with van der Waals surface area (Å²) in [5.74, 6) is -1.87. The van der Waals surface area contributed by atoms with Crippen molar-refractivity contribution in [2.45, 2.75) is 32.9 Å². The van der Waals surface area contributed by atoms with Gasteiger partial charge in [-0.2, -0.15) is 0 Å². The number of hydrogen-bond donors (Lipinski definition) is 2. The Morgan fingerprint density at radius 3 is 2.50 bits per heavy atom. The van der Waals surface area contributed by atoms with Crippen LogP contribution in [0.3, 0.4) is 0 Å². The normalized spacial score (nSPS) is 11.2. The SMILES string of the molecule is CC(C)(C)OC(=O)NCc1ccc(-c2cccc(F)c2F)c(N)c1. The number of ether oxygens (including phenoxy) is 1. The van der Waals surface area contributed by atoms with Crippen LogP contribution in [0.4, 0.5) is 19.3 Å². The van der Waals surface area contributed by atoms with Crippen LogP contribution < -0.4 is 11.1 Å². The van der Waals surface area contributed by atoms with Crippen molar-refractivity contribution in [1.29, 1.82) is 0 Å². The monoisotopic (exact) mass is 334 g/mol. The van der Waals surface area contributed by atoms with E-state index < -0.39 is 23.3 Å². The third-order valence-corrected chi connectivity index (χ3v) is 3.19. The molecule has 0 saturated carbocycles. The molecule has 2 rings (SSSR count). The second-order valence-electron chi connectivity index (χ2n) is 6.38. The number of nitrogens with one attached hydrogen (secondary N) is 1. The molecule has 0 aliphatic heterocycles. The molecule has 0 aliphatic carbocycles. The van der Waals surface area contributed by atoms with E-state index in [1.807, 2.05) is 0 Å². The summed E-state index contributed by atoms with van der Waals surface area (Å²) in [6.45, 7) is 5.53. The van der Waals surface area contributed by atoms with Crippen LogP contribution >= 0.6 is 0 Å². The number of rotatable bonds is 3. The first-order valence-electron chi connectivity index (χ1n) is 7.47. The van der Waals surface area contributed by atoms with Gasteiger partial charge in [-0.05, 0) is 38.5 Å². The highest BCUT2D eigenvalue weighted by Crippen LogP contribution is 2.30. The molecule has 0 bridgehead atoms. The first-order chi connectivity index (χ1) is 11.2. The molecular formula is C18H20F2N2O2. The van der Waals surface area contributed by atoms with Gasteiger partial charge in [0.25, 0.3) is 0 Å². The summed E-state index contributed by atoms with van der Waals surface area (Å²) in [4.78, 5) is 11.6. The Hall–Kier alpha value is -2.63. The Kier molecular flexibility index (Phi) is 5.07. The molecule has 0 saturated heterocycles. The van der Waals surface area contributed by atoms with Crippen molar-refractivity contribution in [3.63, 3.8) is 0 Å². The average molecular weight is 334 g/mol. The lowest BCUT2D eigenvalue weighted by molar-refractivity contribution is 0.0523. The van der Waals surface area contributed by atoms with Crippen LogP contribution in [0, 0.1) is 11.6 Å². The fourth-order valence-corrected chi connectivity index (χ4v) is 2.17. The van der Waals surface area contributed by atoms with Gasteiger partial charge in [-0.25, -0.2) is 13.6 Å². The van der Waals surface area contributed by atoms with E-state index in [1.165, 1.54) is 12.1 Å². The summed E-state index contributed by atoms with van der Waals surface area (Å²) in [7, 11) is 0. The van der Waals surface area contributed by atoms with E-state index in [0.29, 0.717) is 11.3 Å². The maximum Gasteiger partial charge on any atom is 0.407 e. The van der Waals surface area contributed by atoms with Gasteiger partial charge in [0.15, 0.2) is 11.6 Å². The molecule has 0 spiro atoms. The Morgan fingerprint density at radius 1 is 1.17 bits per heavy atom. The maximum atomic E-state index is 13.9. The predicted molar refractivity (Wildman–Crippen MR) is 89.3 cm³/mol. The second kappa shape index (κ2) is 6.86. The largest absolute Gasteiger partial charge is 0.444 e. The molecule has 1 amide bonds. The molecule has 6 heteroatoms. The molecule has 0 heterocycles. The van der Waals surface area contributed by atoms with Crippen molar-refractivity contribution in [2.24, 2.45) is 0 Å². The van der Waals surface area contributed by atoms with Crippen molar-refractivity contribution in [3.8, 4) is 11.1 Å². The summed E-state index contributed by atoms with van der Waals surface area (Å²) >= 11 is 0. The lowest BCUT2D eigenvalue weighted by Crippen LogP contribution is -2.32. The Labute approximate surface area is 139 Å². The summed E-state index contributed by atoms with van der Waals surface area (Å²) in [6, 6.07) is 8.83. The molecule has 4 nitrogen and oxygen atoms in total. The number of alkyl carbamates (subject to hydrolysis) is 1. The lowest BCUT2D eigenvalue weighted by Gasteiger charge is -2.19. The number of amides is 1. The molecule has 0 aromatic heterocycles. The van der Waals surface area contributed by atoms with E-state index in [1.54, 1.807) is 39.0 Å². The van der Waals surface area contributed by atoms with Gasteiger partial charge < -0.3 is 15.8 Å². The van der Waals surface area contributed by atoms with Crippen molar-refractivity contribution < 1.29 is 18.3 Å². The molecular weight excluding hydrogens is 314 g/mol. The highest BCUT2D eigenvalue weighted by atomic mass is 19.2. The molecule has 0 fully saturated rings. The number of nitrogens with two attached hydrogens (primary N) is 1. The van der Waals surface area contributed by atoms with Gasteiger partial charge in [-0.15, -0.1) is 0 Å². The highest BCUT2D eigenvalue weighted by molar-refractivity contribution is 5.77. The van der Waals surface area contributed by atoms with E-state index in [2.05, 4.69) is 5.32 Å². The molecule has 0 radical (unpaired) electrons.